The van der Waals surface area contributed by atoms with Crippen molar-refractivity contribution in [3.8, 4) is 5.88 Å². The van der Waals surface area contributed by atoms with Crippen molar-refractivity contribution >= 4 is 5.91 Å². The van der Waals surface area contributed by atoms with E-state index in [1.54, 1.807) is 14.0 Å². The number of aromatic amines is 1. The molecular weight excluding hydrogens is 238 g/mol. The van der Waals surface area contributed by atoms with E-state index in [0.29, 0.717) is 13.0 Å². The lowest BCUT2D eigenvalue weighted by atomic mass is 10.2. The minimum atomic E-state index is -0.747. The molecule has 1 unspecified atom stereocenters. The van der Waals surface area contributed by atoms with E-state index < -0.39 is 23.2 Å². The molecule has 7 heteroatoms. The summed E-state index contributed by atoms with van der Waals surface area (Å²) >= 11 is 0. The number of hydrogen-bond donors (Lipinski definition) is 2. The van der Waals surface area contributed by atoms with E-state index in [4.69, 9.17) is 0 Å². The van der Waals surface area contributed by atoms with E-state index in [1.165, 1.54) is 4.90 Å². The summed E-state index contributed by atoms with van der Waals surface area (Å²) in [5.41, 5.74) is -1.23. The van der Waals surface area contributed by atoms with Crippen LogP contribution in [0, 0.1) is 0 Å². The monoisotopic (exact) mass is 253 g/mol. The molecule has 0 aliphatic carbocycles. The average molecular weight is 253 g/mol. The maximum Gasteiger partial charge on any atom is 0.331 e. The number of amides is 1. The van der Waals surface area contributed by atoms with Crippen molar-refractivity contribution in [2.24, 2.45) is 0 Å². The van der Waals surface area contributed by atoms with Crippen LogP contribution in [-0.2, 0) is 11.2 Å². The van der Waals surface area contributed by atoms with Gasteiger partial charge in [-0.3, -0.25) is 19.1 Å². The van der Waals surface area contributed by atoms with Gasteiger partial charge in [-0.15, -0.1) is 0 Å². The zero-order valence-electron chi connectivity index (χ0n) is 10.3. The van der Waals surface area contributed by atoms with E-state index >= 15 is 0 Å². The first-order valence-electron chi connectivity index (χ1n) is 5.79. The van der Waals surface area contributed by atoms with E-state index in [2.05, 4.69) is 4.98 Å². The maximum absolute atomic E-state index is 11.9. The van der Waals surface area contributed by atoms with E-state index in [0.717, 1.165) is 4.57 Å². The van der Waals surface area contributed by atoms with Gasteiger partial charge in [0.05, 0.1) is 5.56 Å². The number of nitrogens with one attached hydrogen (secondary N) is 1. The summed E-state index contributed by atoms with van der Waals surface area (Å²) in [5, 5.41) is 9.99. The smallest absolute Gasteiger partial charge is 0.331 e. The fourth-order valence-electron chi connectivity index (χ4n) is 2.23. The average Bonchev–Trinajstić information content (AvgIpc) is 2.61. The van der Waals surface area contributed by atoms with Crippen LogP contribution in [-0.4, -0.2) is 39.1 Å². The number of likely N-dealkylation sites (tertiary alicyclic amines) is 1. The first-order chi connectivity index (χ1) is 8.47. The largest absolute Gasteiger partial charge is 0.494 e. The molecule has 0 saturated carbocycles. The van der Waals surface area contributed by atoms with Gasteiger partial charge >= 0.3 is 5.69 Å². The van der Waals surface area contributed by atoms with Crippen LogP contribution >= 0.6 is 0 Å². The fraction of sp³-hybridized carbons (Fsp3) is 0.545. The Hall–Kier alpha value is -2.05. The lowest BCUT2D eigenvalue weighted by molar-refractivity contribution is -0.129. The van der Waals surface area contributed by atoms with Gasteiger partial charge in [0.15, 0.2) is 0 Å². The molecule has 1 aromatic rings. The van der Waals surface area contributed by atoms with Crippen LogP contribution in [0.3, 0.4) is 0 Å². The molecule has 1 amide bonds. The lowest BCUT2D eigenvalue weighted by Gasteiger charge is -2.15. The van der Waals surface area contributed by atoms with Crippen LogP contribution in [0.2, 0.25) is 0 Å². The summed E-state index contributed by atoms with van der Waals surface area (Å²) in [7, 11) is 1.64. The molecule has 0 spiro atoms. The van der Waals surface area contributed by atoms with Crippen molar-refractivity contribution in [1.82, 2.24) is 14.5 Å². The topological polar surface area (TPSA) is 95.4 Å². The summed E-state index contributed by atoms with van der Waals surface area (Å²) in [6, 6.07) is -0.732. The van der Waals surface area contributed by atoms with Crippen LogP contribution in [0.5, 0.6) is 5.88 Å². The third kappa shape index (κ3) is 1.71. The zero-order chi connectivity index (χ0) is 13.4. The van der Waals surface area contributed by atoms with Crippen LogP contribution in [0.4, 0.5) is 0 Å². The second kappa shape index (κ2) is 4.32. The Balaban J connectivity index is 2.62. The normalized spacial score (nSPS) is 19.6. The van der Waals surface area contributed by atoms with Crippen LogP contribution < -0.4 is 11.2 Å². The van der Waals surface area contributed by atoms with E-state index in [1.807, 2.05) is 0 Å². The van der Waals surface area contributed by atoms with Crippen LogP contribution in [0.15, 0.2) is 9.59 Å². The van der Waals surface area contributed by atoms with Gasteiger partial charge in [-0.2, -0.15) is 0 Å². The van der Waals surface area contributed by atoms with Crippen LogP contribution in [0.1, 0.15) is 24.9 Å². The first kappa shape index (κ1) is 12.4. The molecule has 1 atom stereocenters. The van der Waals surface area contributed by atoms with Gasteiger partial charge in [0.2, 0.25) is 11.8 Å². The molecule has 1 fully saturated rings. The number of aromatic nitrogens is 2. The van der Waals surface area contributed by atoms with Gasteiger partial charge in [-0.25, -0.2) is 4.79 Å². The fourth-order valence-corrected chi connectivity index (χ4v) is 2.23. The molecular formula is C11H15N3O4. The number of hydrogen-bond acceptors (Lipinski definition) is 4. The minimum Gasteiger partial charge on any atom is -0.494 e. The summed E-state index contributed by atoms with van der Waals surface area (Å²) in [6.07, 6.45) is 0.732. The quantitative estimate of drug-likeness (QED) is 0.722. The van der Waals surface area contributed by atoms with Crippen molar-refractivity contribution < 1.29 is 9.90 Å². The van der Waals surface area contributed by atoms with Crippen molar-refractivity contribution in [3.05, 3.63) is 26.4 Å². The predicted molar refractivity (Wildman–Crippen MR) is 63.7 cm³/mol. The molecule has 7 nitrogen and oxygen atoms in total. The van der Waals surface area contributed by atoms with Crippen molar-refractivity contribution in [1.29, 1.82) is 0 Å². The van der Waals surface area contributed by atoms with Gasteiger partial charge in [0.25, 0.3) is 5.56 Å². The lowest BCUT2D eigenvalue weighted by Crippen LogP contribution is -2.37. The summed E-state index contributed by atoms with van der Waals surface area (Å²) in [6.45, 7) is 2.22. The van der Waals surface area contributed by atoms with Crippen LogP contribution in [0.25, 0.3) is 0 Å². The number of carbonyl (C=O) groups is 1. The molecule has 1 saturated heterocycles. The Bertz CT molecular complexity index is 601. The van der Waals surface area contributed by atoms with Gasteiger partial charge in [0, 0.05) is 13.6 Å². The maximum atomic E-state index is 11.9. The van der Waals surface area contributed by atoms with Gasteiger partial charge < -0.3 is 10.0 Å². The van der Waals surface area contributed by atoms with Gasteiger partial charge in [0.1, 0.15) is 6.04 Å². The van der Waals surface area contributed by atoms with Crippen molar-refractivity contribution in [2.45, 2.75) is 25.8 Å². The summed E-state index contributed by atoms with van der Waals surface area (Å²) in [5.74, 6) is -0.638. The van der Waals surface area contributed by atoms with Gasteiger partial charge in [-0.1, -0.05) is 6.92 Å². The zero-order valence-corrected chi connectivity index (χ0v) is 10.3. The Kier molecular flexibility index (Phi) is 2.98. The second-order valence-corrected chi connectivity index (χ2v) is 4.35. The number of nitrogens with zero attached hydrogens (tertiary/aromatic N) is 2. The standard InChI is InChI=1S/C11H15N3O4/c1-3-6-8(15)12-11(18)14(9(6)16)7-4-5-13(2)10(7)17/h7,16H,3-5H2,1-2H3,(H,12,15,18). The third-order valence-electron chi connectivity index (χ3n) is 3.28. The minimum absolute atomic E-state index is 0.122. The molecule has 1 aliphatic heterocycles. The van der Waals surface area contributed by atoms with Crippen molar-refractivity contribution in [2.75, 3.05) is 13.6 Å². The van der Waals surface area contributed by atoms with E-state index in [-0.39, 0.29) is 17.9 Å². The van der Waals surface area contributed by atoms with Gasteiger partial charge in [-0.05, 0) is 12.8 Å². The molecule has 18 heavy (non-hydrogen) atoms. The number of H-pyrrole nitrogens is 1. The highest BCUT2D eigenvalue weighted by atomic mass is 16.3. The molecule has 0 aromatic carbocycles. The Morgan fingerprint density at radius 2 is 2.06 bits per heavy atom. The molecule has 2 rings (SSSR count). The molecule has 2 N–H and O–H groups in total. The molecule has 1 aromatic heterocycles. The highest BCUT2D eigenvalue weighted by molar-refractivity contribution is 5.82. The molecule has 2 heterocycles. The Morgan fingerprint density at radius 3 is 2.56 bits per heavy atom. The van der Waals surface area contributed by atoms with Crippen molar-refractivity contribution in [3.63, 3.8) is 0 Å². The van der Waals surface area contributed by atoms with E-state index in [9.17, 15) is 19.5 Å². The summed E-state index contributed by atoms with van der Waals surface area (Å²) in [4.78, 5) is 38.7. The highest BCUT2D eigenvalue weighted by Crippen LogP contribution is 2.25. The number of carbonyl (C=O) groups excluding carboxylic acids is 1. The first-order valence-corrected chi connectivity index (χ1v) is 5.79. The number of rotatable bonds is 2. The SMILES string of the molecule is CCc1c(O)n(C2CCN(C)C2=O)c(=O)[nH]c1=O. The predicted octanol–water partition coefficient (Wildman–Crippen LogP) is -0.792. The Labute approximate surface area is 103 Å². The molecule has 0 bridgehead atoms. The molecule has 1 aliphatic rings. The summed E-state index contributed by atoms with van der Waals surface area (Å²) < 4.78 is 0.978. The number of aromatic hydroxyl groups is 1. The number of likely N-dealkylation sites (N-methyl/N-ethyl adjacent to an activating group) is 1. The highest BCUT2D eigenvalue weighted by Gasteiger charge is 2.33. The Morgan fingerprint density at radius 1 is 1.39 bits per heavy atom. The molecule has 98 valence electrons. The molecule has 0 radical (unpaired) electrons. The second-order valence-electron chi connectivity index (χ2n) is 4.35. The third-order valence-corrected chi connectivity index (χ3v) is 3.28.